The van der Waals surface area contributed by atoms with Crippen LogP contribution in [0, 0.1) is 3.57 Å². The fourth-order valence-corrected chi connectivity index (χ4v) is 2.47. The van der Waals surface area contributed by atoms with E-state index in [0.717, 1.165) is 9.13 Å². The third-order valence-corrected chi connectivity index (χ3v) is 3.93. The molecule has 1 N–H and O–H groups in total. The molecule has 2 aromatic carbocycles. The van der Waals surface area contributed by atoms with Crippen LogP contribution in [0.2, 0.25) is 0 Å². The lowest BCUT2D eigenvalue weighted by Gasteiger charge is -2.19. The van der Waals surface area contributed by atoms with E-state index in [0.29, 0.717) is 22.8 Å². The topological polar surface area (TPSA) is 47.9 Å². The zero-order valence-corrected chi connectivity index (χ0v) is 14.2. The van der Waals surface area contributed by atoms with Crippen LogP contribution in [0.1, 0.15) is 17.2 Å². The summed E-state index contributed by atoms with van der Waals surface area (Å²) in [6, 6.07) is 11.1. The molecule has 0 aliphatic carbocycles. The number of benzene rings is 2. The van der Waals surface area contributed by atoms with Gasteiger partial charge in [0.25, 0.3) is 0 Å². The average Bonchev–Trinajstić information content (AvgIpc) is 2.53. The van der Waals surface area contributed by atoms with Crippen molar-refractivity contribution in [2.45, 2.75) is 6.10 Å². The minimum absolute atomic E-state index is 0.525. The zero-order valence-electron chi connectivity index (χ0n) is 12.1. The van der Waals surface area contributed by atoms with E-state index in [4.69, 9.17) is 14.2 Å². The van der Waals surface area contributed by atoms with E-state index in [9.17, 15) is 5.11 Å². The first-order valence-electron chi connectivity index (χ1n) is 6.34. The number of ether oxygens (including phenoxy) is 3. The van der Waals surface area contributed by atoms with Gasteiger partial charge in [0.2, 0.25) is 0 Å². The number of halogens is 1. The van der Waals surface area contributed by atoms with Crippen LogP contribution >= 0.6 is 22.6 Å². The molecule has 2 rings (SSSR count). The van der Waals surface area contributed by atoms with Gasteiger partial charge in [-0.2, -0.15) is 0 Å². The Hall–Kier alpha value is -1.47. The summed E-state index contributed by atoms with van der Waals surface area (Å²) in [6.07, 6.45) is -0.835. The second-order valence-corrected chi connectivity index (χ2v) is 5.65. The Morgan fingerprint density at radius 1 is 0.905 bits per heavy atom. The molecule has 0 fully saturated rings. The smallest absolute Gasteiger partial charge is 0.132 e. The van der Waals surface area contributed by atoms with Gasteiger partial charge in [-0.05, 0) is 40.3 Å². The molecular formula is C16H17IO4. The Kier molecular flexibility index (Phi) is 5.30. The summed E-state index contributed by atoms with van der Waals surface area (Å²) in [6.45, 7) is 0. The molecule has 0 heterocycles. The highest BCUT2D eigenvalue weighted by Crippen LogP contribution is 2.40. The van der Waals surface area contributed by atoms with Crippen molar-refractivity contribution in [2.75, 3.05) is 21.3 Å². The van der Waals surface area contributed by atoms with Gasteiger partial charge >= 0.3 is 0 Å². The second kappa shape index (κ2) is 7.00. The van der Waals surface area contributed by atoms with Crippen molar-refractivity contribution in [2.24, 2.45) is 0 Å². The Bertz CT molecular complexity index is 585. The molecule has 0 aliphatic rings. The molecular weight excluding hydrogens is 383 g/mol. The number of methoxy groups -OCH3 is 3. The lowest BCUT2D eigenvalue weighted by atomic mass is 9.99. The van der Waals surface area contributed by atoms with Gasteiger partial charge in [-0.15, -0.1) is 0 Å². The molecule has 4 nitrogen and oxygen atoms in total. The molecule has 0 saturated carbocycles. The monoisotopic (exact) mass is 400 g/mol. The molecule has 0 bridgehead atoms. The first-order chi connectivity index (χ1) is 10.1. The van der Waals surface area contributed by atoms with Crippen LogP contribution in [-0.2, 0) is 0 Å². The van der Waals surface area contributed by atoms with Crippen LogP contribution in [0.4, 0.5) is 0 Å². The van der Waals surface area contributed by atoms with Crippen LogP contribution in [0.5, 0.6) is 17.2 Å². The Labute approximate surface area is 137 Å². The third kappa shape index (κ3) is 3.41. The van der Waals surface area contributed by atoms with Crippen molar-refractivity contribution >= 4 is 22.6 Å². The highest BCUT2D eigenvalue weighted by atomic mass is 127. The lowest BCUT2D eigenvalue weighted by Crippen LogP contribution is -2.05. The third-order valence-electron chi connectivity index (χ3n) is 3.21. The summed E-state index contributed by atoms with van der Waals surface area (Å²) in [5.41, 5.74) is 1.36. The molecule has 0 aromatic heterocycles. The van der Waals surface area contributed by atoms with Crippen molar-refractivity contribution in [3.05, 3.63) is 51.1 Å². The Balaban J connectivity index is 2.52. The normalized spacial score (nSPS) is 11.9. The largest absolute Gasteiger partial charge is 0.496 e. The van der Waals surface area contributed by atoms with E-state index >= 15 is 0 Å². The first kappa shape index (κ1) is 15.9. The maximum atomic E-state index is 10.7. The van der Waals surface area contributed by atoms with Crippen LogP contribution in [0.25, 0.3) is 0 Å². The van der Waals surface area contributed by atoms with E-state index in [2.05, 4.69) is 22.6 Å². The van der Waals surface area contributed by atoms with Gasteiger partial charge in [0.15, 0.2) is 0 Å². The van der Waals surface area contributed by atoms with Crippen LogP contribution in [0.15, 0.2) is 36.4 Å². The van der Waals surface area contributed by atoms with Crippen LogP contribution < -0.4 is 14.2 Å². The number of hydrogen-bond donors (Lipinski definition) is 1. The maximum Gasteiger partial charge on any atom is 0.132 e. The summed E-state index contributed by atoms with van der Waals surface area (Å²) < 4.78 is 17.1. The zero-order chi connectivity index (χ0) is 15.4. The number of aliphatic hydroxyl groups excluding tert-OH is 1. The summed E-state index contributed by atoms with van der Waals surface area (Å²) in [5, 5.41) is 10.7. The molecule has 0 saturated heterocycles. The van der Waals surface area contributed by atoms with E-state index in [1.807, 2.05) is 24.3 Å². The molecule has 0 amide bonds. The predicted molar refractivity (Wildman–Crippen MR) is 89.3 cm³/mol. The molecule has 1 unspecified atom stereocenters. The van der Waals surface area contributed by atoms with Crippen molar-refractivity contribution in [3.63, 3.8) is 0 Å². The van der Waals surface area contributed by atoms with Gasteiger partial charge in [-0.3, -0.25) is 0 Å². The van der Waals surface area contributed by atoms with Crippen LogP contribution in [0.3, 0.4) is 0 Å². The average molecular weight is 400 g/mol. The minimum Gasteiger partial charge on any atom is -0.496 e. The van der Waals surface area contributed by atoms with Crippen molar-refractivity contribution in [1.82, 2.24) is 0 Å². The molecule has 0 radical (unpaired) electrons. The lowest BCUT2D eigenvalue weighted by molar-refractivity contribution is 0.208. The minimum atomic E-state index is -0.835. The molecule has 21 heavy (non-hydrogen) atoms. The number of hydrogen-bond acceptors (Lipinski definition) is 4. The molecule has 5 heteroatoms. The first-order valence-corrected chi connectivity index (χ1v) is 7.42. The maximum absolute atomic E-state index is 10.7. The van der Waals surface area contributed by atoms with E-state index < -0.39 is 6.10 Å². The summed E-state index contributed by atoms with van der Waals surface area (Å²) in [4.78, 5) is 0. The standard InChI is InChI=1S/C16H17IO4/c1-19-12-8-13(20-2)15(14(9-12)21-3)16(18)10-4-6-11(17)7-5-10/h4-9,16,18H,1-3H3. The molecule has 1 atom stereocenters. The molecule has 0 spiro atoms. The van der Waals surface area contributed by atoms with Gasteiger partial charge in [0, 0.05) is 15.7 Å². The Morgan fingerprint density at radius 3 is 1.86 bits per heavy atom. The highest BCUT2D eigenvalue weighted by Gasteiger charge is 2.22. The van der Waals surface area contributed by atoms with Crippen molar-refractivity contribution < 1.29 is 19.3 Å². The van der Waals surface area contributed by atoms with Gasteiger partial charge < -0.3 is 19.3 Å². The van der Waals surface area contributed by atoms with Gasteiger partial charge in [-0.25, -0.2) is 0 Å². The number of rotatable bonds is 5. The van der Waals surface area contributed by atoms with Gasteiger partial charge in [-0.1, -0.05) is 12.1 Å². The molecule has 112 valence electrons. The van der Waals surface area contributed by atoms with Gasteiger partial charge in [0.05, 0.1) is 26.9 Å². The van der Waals surface area contributed by atoms with E-state index in [-0.39, 0.29) is 0 Å². The SMILES string of the molecule is COc1cc(OC)c(C(O)c2ccc(I)cc2)c(OC)c1. The predicted octanol–water partition coefficient (Wildman–Crippen LogP) is 3.40. The fraction of sp³-hybridized carbons (Fsp3) is 0.250. The molecule has 2 aromatic rings. The summed E-state index contributed by atoms with van der Waals surface area (Å²) >= 11 is 2.22. The fourth-order valence-electron chi connectivity index (χ4n) is 2.11. The van der Waals surface area contributed by atoms with Crippen molar-refractivity contribution in [3.8, 4) is 17.2 Å². The quantitative estimate of drug-likeness (QED) is 0.782. The molecule has 0 aliphatic heterocycles. The highest BCUT2D eigenvalue weighted by molar-refractivity contribution is 14.1. The second-order valence-electron chi connectivity index (χ2n) is 4.40. The summed E-state index contributed by atoms with van der Waals surface area (Å²) in [5.74, 6) is 1.66. The van der Waals surface area contributed by atoms with E-state index in [1.165, 1.54) is 0 Å². The van der Waals surface area contributed by atoms with E-state index in [1.54, 1.807) is 33.5 Å². The number of aliphatic hydroxyl groups is 1. The van der Waals surface area contributed by atoms with Gasteiger partial charge in [0.1, 0.15) is 23.4 Å². The van der Waals surface area contributed by atoms with Crippen molar-refractivity contribution in [1.29, 1.82) is 0 Å². The van der Waals surface area contributed by atoms with Crippen LogP contribution in [-0.4, -0.2) is 26.4 Å². The Morgan fingerprint density at radius 2 is 1.43 bits per heavy atom. The summed E-state index contributed by atoms with van der Waals surface area (Å²) in [7, 11) is 4.68.